The van der Waals surface area contributed by atoms with Crippen molar-refractivity contribution in [3.05, 3.63) is 0 Å². The molecule has 2 N–H and O–H groups in total. The molecule has 2 aliphatic carbocycles. The number of amides is 2. The van der Waals surface area contributed by atoms with Crippen LogP contribution < -0.4 is 5.32 Å². The van der Waals surface area contributed by atoms with Crippen molar-refractivity contribution >= 4 is 12.0 Å². The third kappa shape index (κ3) is 3.19. The van der Waals surface area contributed by atoms with Crippen LogP contribution in [0.15, 0.2) is 0 Å². The Hall–Kier alpha value is -1.26. The Morgan fingerprint density at radius 2 is 1.95 bits per heavy atom. The Morgan fingerprint density at radius 1 is 1.37 bits per heavy atom. The van der Waals surface area contributed by atoms with Gasteiger partial charge in [-0.3, -0.25) is 4.79 Å². The molecule has 2 aliphatic rings. The van der Waals surface area contributed by atoms with Crippen molar-refractivity contribution in [1.29, 1.82) is 0 Å². The summed E-state index contributed by atoms with van der Waals surface area (Å²) in [6.45, 7) is 3.22. The third-order valence-electron chi connectivity index (χ3n) is 4.72. The monoisotopic (exact) mass is 268 g/mol. The quantitative estimate of drug-likeness (QED) is 0.800. The fourth-order valence-electron chi connectivity index (χ4n) is 2.99. The Balaban J connectivity index is 1.80. The summed E-state index contributed by atoms with van der Waals surface area (Å²) in [4.78, 5) is 25.0. The lowest BCUT2D eigenvalue weighted by atomic mass is 9.86. The Labute approximate surface area is 114 Å². The van der Waals surface area contributed by atoms with Gasteiger partial charge in [-0.15, -0.1) is 0 Å². The van der Waals surface area contributed by atoms with Gasteiger partial charge >= 0.3 is 12.0 Å². The number of rotatable bonds is 5. The summed E-state index contributed by atoms with van der Waals surface area (Å²) in [5.74, 6) is 0.565. The lowest BCUT2D eigenvalue weighted by molar-refractivity contribution is -0.148. The van der Waals surface area contributed by atoms with Crippen LogP contribution in [0.25, 0.3) is 0 Å². The Morgan fingerprint density at radius 3 is 2.42 bits per heavy atom. The number of carbonyl (C=O) groups excluding carboxylic acids is 1. The van der Waals surface area contributed by atoms with Crippen molar-refractivity contribution in [2.45, 2.75) is 39.0 Å². The average Bonchev–Trinajstić information content (AvgIpc) is 2.88. The number of hydrogen-bond donors (Lipinski definition) is 2. The van der Waals surface area contributed by atoms with E-state index in [-0.39, 0.29) is 12.6 Å². The zero-order valence-electron chi connectivity index (χ0n) is 11.8. The molecule has 5 heteroatoms. The van der Waals surface area contributed by atoms with E-state index in [0.717, 1.165) is 25.3 Å². The van der Waals surface area contributed by atoms with E-state index < -0.39 is 11.4 Å². The Kier molecular flexibility index (Phi) is 4.02. The van der Waals surface area contributed by atoms with Gasteiger partial charge in [-0.25, -0.2) is 4.79 Å². The molecule has 0 aromatic rings. The summed E-state index contributed by atoms with van der Waals surface area (Å²) in [6.07, 6.45) is 4.42. The molecule has 0 radical (unpaired) electrons. The molecule has 2 saturated carbocycles. The first-order chi connectivity index (χ1) is 8.94. The highest BCUT2D eigenvalue weighted by Crippen LogP contribution is 2.39. The average molecular weight is 268 g/mol. The normalized spacial score (nSPS) is 27.9. The minimum Gasteiger partial charge on any atom is -0.481 e. The predicted molar refractivity (Wildman–Crippen MR) is 71.8 cm³/mol. The first kappa shape index (κ1) is 14.2. The van der Waals surface area contributed by atoms with E-state index in [1.54, 1.807) is 11.9 Å². The fraction of sp³-hybridized carbons (Fsp3) is 0.857. The summed E-state index contributed by atoms with van der Waals surface area (Å²) >= 11 is 0. The summed E-state index contributed by atoms with van der Waals surface area (Å²) in [7, 11) is 1.78. The van der Waals surface area contributed by atoms with E-state index in [4.69, 9.17) is 0 Å². The van der Waals surface area contributed by atoms with Gasteiger partial charge in [0.1, 0.15) is 0 Å². The molecule has 2 rings (SSSR count). The van der Waals surface area contributed by atoms with Crippen LogP contribution in [0.3, 0.4) is 0 Å². The highest BCUT2D eigenvalue weighted by atomic mass is 16.4. The molecule has 0 saturated heterocycles. The number of nitrogens with one attached hydrogen (secondary N) is 1. The molecule has 19 heavy (non-hydrogen) atoms. The smallest absolute Gasteiger partial charge is 0.317 e. The van der Waals surface area contributed by atoms with Gasteiger partial charge in [0, 0.05) is 20.1 Å². The maximum Gasteiger partial charge on any atom is 0.317 e. The fourth-order valence-corrected chi connectivity index (χ4v) is 2.99. The molecule has 0 aromatic heterocycles. The molecule has 0 bridgehead atoms. The maximum absolute atomic E-state index is 12.0. The molecule has 2 amide bonds. The molecule has 0 aromatic carbocycles. The minimum absolute atomic E-state index is 0.147. The zero-order valence-corrected chi connectivity index (χ0v) is 11.8. The molecule has 5 nitrogen and oxygen atoms in total. The SMILES string of the molecule is CC1CC1CN(C)C(=O)NCC1(C(=O)O)CCCC1. The lowest BCUT2D eigenvalue weighted by Crippen LogP contribution is -2.46. The Bertz CT molecular complexity index is 364. The minimum atomic E-state index is -0.774. The largest absolute Gasteiger partial charge is 0.481 e. The highest BCUT2D eigenvalue weighted by molar-refractivity contribution is 5.78. The predicted octanol–water partition coefficient (Wildman–Crippen LogP) is 1.93. The molecule has 108 valence electrons. The second-order valence-electron chi connectivity index (χ2n) is 6.30. The van der Waals surface area contributed by atoms with E-state index in [1.807, 2.05) is 0 Å². The van der Waals surface area contributed by atoms with Crippen molar-refractivity contribution in [2.75, 3.05) is 20.1 Å². The van der Waals surface area contributed by atoms with Gasteiger partial charge < -0.3 is 15.3 Å². The third-order valence-corrected chi connectivity index (χ3v) is 4.72. The van der Waals surface area contributed by atoms with E-state index in [1.165, 1.54) is 6.42 Å². The van der Waals surface area contributed by atoms with Gasteiger partial charge in [0.2, 0.25) is 0 Å². The van der Waals surface area contributed by atoms with E-state index in [0.29, 0.717) is 18.8 Å². The van der Waals surface area contributed by atoms with Crippen LogP contribution in [0.4, 0.5) is 4.79 Å². The summed E-state index contributed by atoms with van der Waals surface area (Å²) < 4.78 is 0. The maximum atomic E-state index is 12.0. The molecule has 2 fully saturated rings. The number of hydrogen-bond acceptors (Lipinski definition) is 2. The molecular weight excluding hydrogens is 244 g/mol. The number of carboxylic acids is 1. The summed E-state index contributed by atoms with van der Waals surface area (Å²) in [5, 5.41) is 12.1. The first-order valence-corrected chi connectivity index (χ1v) is 7.17. The van der Waals surface area contributed by atoms with E-state index in [2.05, 4.69) is 12.2 Å². The topological polar surface area (TPSA) is 69.6 Å². The number of carboxylic acid groups (broad SMARTS) is 1. The number of urea groups is 1. The highest BCUT2D eigenvalue weighted by Gasteiger charge is 2.42. The van der Waals surface area contributed by atoms with Crippen LogP contribution in [0.2, 0.25) is 0 Å². The molecular formula is C14H24N2O3. The van der Waals surface area contributed by atoms with Crippen LogP contribution in [0.5, 0.6) is 0 Å². The lowest BCUT2D eigenvalue weighted by Gasteiger charge is -2.26. The van der Waals surface area contributed by atoms with E-state index in [9.17, 15) is 14.7 Å². The van der Waals surface area contributed by atoms with Gasteiger partial charge in [0.05, 0.1) is 5.41 Å². The molecule has 2 unspecified atom stereocenters. The van der Waals surface area contributed by atoms with Gasteiger partial charge in [0.25, 0.3) is 0 Å². The van der Waals surface area contributed by atoms with Crippen LogP contribution in [0, 0.1) is 17.3 Å². The van der Waals surface area contributed by atoms with Crippen molar-refractivity contribution < 1.29 is 14.7 Å². The standard InChI is InChI=1S/C14H24N2O3/c1-10-7-11(10)8-16(2)13(19)15-9-14(12(17)18)5-3-4-6-14/h10-11H,3-9H2,1-2H3,(H,15,19)(H,17,18). The number of nitrogens with zero attached hydrogens (tertiary/aromatic N) is 1. The van der Waals surface area contributed by atoms with Crippen molar-refractivity contribution in [1.82, 2.24) is 10.2 Å². The van der Waals surface area contributed by atoms with Crippen LogP contribution in [-0.4, -0.2) is 42.1 Å². The van der Waals surface area contributed by atoms with Crippen LogP contribution in [0.1, 0.15) is 39.0 Å². The summed E-state index contributed by atoms with van der Waals surface area (Å²) in [6, 6.07) is -0.147. The second-order valence-corrected chi connectivity index (χ2v) is 6.30. The first-order valence-electron chi connectivity index (χ1n) is 7.17. The number of carbonyl (C=O) groups is 2. The van der Waals surface area contributed by atoms with Crippen LogP contribution >= 0.6 is 0 Å². The zero-order chi connectivity index (χ0) is 14.0. The van der Waals surface area contributed by atoms with Gasteiger partial charge in [-0.05, 0) is 31.1 Å². The second kappa shape index (κ2) is 5.39. The summed E-state index contributed by atoms with van der Waals surface area (Å²) in [5.41, 5.74) is -0.733. The molecule has 0 heterocycles. The van der Waals surface area contributed by atoms with E-state index >= 15 is 0 Å². The van der Waals surface area contributed by atoms with Crippen molar-refractivity contribution in [3.63, 3.8) is 0 Å². The van der Waals surface area contributed by atoms with Crippen LogP contribution in [-0.2, 0) is 4.79 Å². The van der Waals surface area contributed by atoms with Crippen molar-refractivity contribution in [2.24, 2.45) is 17.3 Å². The molecule has 2 atom stereocenters. The number of aliphatic carboxylic acids is 1. The molecule has 0 spiro atoms. The molecule has 0 aliphatic heterocycles. The van der Waals surface area contributed by atoms with Gasteiger partial charge in [0.15, 0.2) is 0 Å². The van der Waals surface area contributed by atoms with Crippen molar-refractivity contribution in [3.8, 4) is 0 Å². The van der Waals surface area contributed by atoms with Gasteiger partial charge in [-0.2, -0.15) is 0 Å². The van der Waals surface area contributed by atoms with Gasteiger partial charge in [-0.1, -0.05) is 19.8 Å².